The van der Waals surface area contributed by atoms with Gasteiger partial charge in [-0.2, -0.15) is 0 Å². The SMILES string of the molecule is [2H]C([2H])(CC=CC=O)C(C=O)OC(=O)N(C)C. The van der Waals surface area contributed by atoms with Crippen LogP contribution in [0.4, 0.5) is 4.79 Å². The van der Waals surface area contributed by atoms with Crippen molar-refractivity contribution in [2.75, 3.05) is 14.1 Å². The van der Waals surface area contributed by atoms with Crippen LogP contribution >= 0.6 is 0 Å². The molecule has 84 valence electrons. The summed E-state index contributed by atoms with van der Waals surface area (Å²) in [6, 6.07) is 0. The van der Waals surface area contributed by atoms with Gasteiger partial charge in [-0.15, -0.1) is 0 Å². The molecular formula is C10H15NO4. The van der Waals surface area contributed by atoms with Crippen LogP contribution in [0.3, 0.4) is 0 Å². The van der Waals surface area contributed by atoms with Gasteiger partial charge in [0.05, 0.1) is 0 Å². The van der Waals surface area contributed by atoms with Crippen LogP contribution in [0.2, 0.25) is 0 Å². The summed E-state index contributed by atoms with van der Waals surface area (Å²) in [6.07, 6.45) is -1.43. The summed E-state index contributed by atoms with van der Waals surface area (Å²) >= 11 is 0. The standard InChI is InChI=1S/C10H15NO4/c1-11(2)10(14)15-9(8-13)6-4-3-5-7-12/h3,5,7-9H,4,6H2,1-2H3/i6D2. The summed E-state index contributed by atoms with van der Waals surface area (Å²) in [4.78, 5) is 33.0. The van der Waals surface area contributed by atoms with Crippen LogP contribution in [-0.2, 0) is 14.3 Å². The van der Waals surface area contributed by atoms with E-state index in [0.29, 0.717) is 6.29 Å². The zero-order valence-corrected chi connectivity index (χ0v) is 8.67. The van der Waals surface area contributed by atoms with E-state index in [2.05, 4.69) is 4.74 Å². The monoisotopic (exact) mass is 215 g/mol. The van der Waals surface area contributed by atoms with Gasteiger partial charge in [0, 0.05) is 16.8 Å². The molecule has 0 spiro atoms. The molecule has 0 N–H and O–H groups in total. The van der Waals surface area contributed by atoms with Crippen LogP contribution in [-0.4, -0.2) is 43.8 Å². The zero-order chi connectivity index (χ0) is 13.5. The number of hydrogen-bond acceptors (Lipinski definition) is 4. The van der Waals surface area contributed by atoms with Crippen molar-refractivity contribution in [1.29, 1.82) is 0 Å². The summed E-state index contributed by atoms with van der Waals surface area (Å²) in [6.45, 7) is 0. The number of carbonyl (C=O) groups excluding carboxylic acids is 3. The predicted molar refractivity (Wildman–Crippen MR) is 54.5 cm³/mol. The first-order chi connectivity index (χ1) is 7.85. The summed E-state index contributed by atoms with van der Waals surface area (Å²) in [5.74, 6) is 0. The Bertz CT molecular complexity index is 315. The summed E-state index contributed by atoms with van der Waals surface area (Å²) < 4.78 is 19.8. The first-order valence-corrected chi connectivity index (χ1v) is 4.28. The molecule has 1 atom stereocenters. The van der Waals surface area contributed by atoms with E-state index in [1.807, 2.05) is 0 Å². The van der Waals surface area contributed by atoms with Gasteiger partial charge in [-0.3, -0.25) is 9.59 Å². The molecule has 0 aromatic heterocycles. The molecule has 0 aliphatic carbocycles. The largest absolute Gasteiger partial charge is 0.438 e. The van der Waals surface area contributed by atoms with Crippen LogP contribution < -0.4 is 0 Å². The van der Waals surface area contributed by atoms with E-state index in [1.165, 1.54) is 20.2 Å². The molecular weight excluding hydrogens is 198 g/mol. The maximum atomic E-state index is 11.2. The van der Waals surface area contributed by atoms with Crippen LogP contribution in [0, 0.1) is 0 Å². The number of aldehydes is 2. The quantitative estimate of drug-likeness (QED) is 0.485. The number of allylic oxidation sites excluding steroid dienone is 2. The van der Waals surface area contributed by atoms with Crippen molar-refractivity contribution >= 4 is 18.7 Å². The molecule has 0 heterocycles. The molecule has 0 radical (unpaired) electrons. The lowest BCUT2D eigenvalue weighted by Gasteiger charge is -2.15. The predicted octanol–water partition coefficient (Wildman–Crippen LogP) is 0.787. The molecule has 0 aliphatic rings. The van der Waals surface area contributed by atoms with Crippen molar-refractivity contribution in [3.8, 4) is 0 Å². The van der Waals surface area contributed by atoms with Gasteiger partial charge < -0.3 is 9.64 Å². The average molecular weight is 215 g/mol. The Hall–Kier alpha value is -1.65. The second-order valence-corrected chi connectivity index (χ2v) is 2.81. The Balaban J connectivity index is 4.61. The van der Waals surface area contributed by atoms with Crippen LogP contribution in [0.15, 0.2) is 12.2 Å². The number of carbonyl (C=O) groups is 3. The maximum Gasteiger partial charge on any atom is 0.409 e. The smallest absolute Gasteiger partial charge is 0.409 e. The van der Waals surface area contributed by atoms with Crippen molar-refractivity contribution in [1.82, 2.24) is 4.90 Å². The van der Waals surface area contributed by atoms with E-state index < -0.39 is 18.6 Å². The van der Waals surface area contributed by atoms with E-state index in [9.17, 15) is 14.4 Å². The van der Waals surface area contributed by atoms with Gasteiger partial charge >= 0.3 is 6.09 Å². The summed E-state index contributed by atoms with van der Waals surface area (Å²) in [5.41, 5.74) is 0. The van der Waals surface area contributed by atoms with Gasteiger partial charge in [-0.05, 0) is 18.9 Å². The van der Waals surface area contributed by atoms with Gasteiger partial charge in [0.2, 0.25) is 0 Å². The molecule has 1 amide bonds. The van der Waals surface area contributed by atoms with Gasteiger partial charge in [0.15, 0.2) is 12.4 Å². The van der Waals surface area contributed by atoms with Crippen molar-refractivity contribution in [2.24, 2.45) is 0 Å². The summed E-state index contributed by atoms with van der Waals surface area (Å²) in [5, 5.41) is 0. The fourth-order valence-electron chi connectivity index (χ4n) is 0.639. The number of rotatable bonds is 6. The molecule has 5 nitrogen and oxygen atoms in total. The third-order valence-electron chi connectivity index (χ3n) is 1.37. The molecule has 0 aromatic carbocycles. The topological polar surface area (TPSA) is 63.7 Å². The Morgan fingerprint density at radius 2 is 2.20 bits per heavy atom. The lowest BCUT2D eigenvalue weighted by molar-refractivity contribution is -0.115. The third kappa shape index (κ3) is 6.42. The number of amides is 1. The van der Waals surface area contributed by atoms with Gasteiger partial charge in [-0.25, -0.2) is 4.79 Å². The van der Waals surface area contributed by atoms with Crippen LogP contribution in [0.1, 0.15) is 15.5 Å². The minimum Gasteiger partial charge on any atom is -0.438 e. The number of ether oxygens (including phenoxy) is 1. The molecule has 0 bridgehead atoms. The Morgan fingerprint density at radius 1 is 1.53 bits per heavy atom. The van der Waals surface area contributed by atoms with Crippen LogP contribution in [0.25, 0.3) is 0 Å². The number of hydrogen-bond donors (Lipinski definition) is 0. The van der Waals surface area contributed by atoms with E-state index in [4.69, 9.17) is 2.74 Å². The fourth-order valence-corrected chi connectivity index (χ4v) is 0.639. The Morgan fingerprint density at radius 3 is 2.67 bits per heavy atom. The van der Waals surface area contributed by atoms with E-state index in [0.717, 1.165) is 11.0 Å². The minimum atomic E-state index is -2.05. The number of nitrogens with zero attached hydrogens (tertiary/aromatic N) is 1. The minimum absolute atomic E-state index is 0.199. The first kappa shape index (κ1) is 9.89. The second kappa shape index (κ2) is 7.73. The highest BCUT2D eigenvalue weighted by Crippen LogP contribution is 2.02. The maximum absolute atomic E-state index is 11.2. The molecule has 0 saturated carbocycles. The normalized spacial score (nSPS) is 15.1. The Labute approximate surface area is 91.5 Å². The van der Waals surface area contributed by atoms with Gasteiger partial charge in [-0.1, -0.05) is 6.08 Å². The lowest BCUT2D eigenvalue weighted by Crippen LogP contribution is -2.28. The first-order valence-electron chi connectivity index (χ1n) is 5.28. The highest BCUT2D eigenvalue weighted by molar-refractivity contribution is 5.70. The van der Waals surface area contributed by atoms with E-state index in [1.54, 1.807) is 0 Å². The summed E-state index contributed by atoms with van der Waals surface area (Å²) in [7, 11) is 2.85. The average Bonchev–Trinajstić information content (AvgIpc) is 2.25. The lowest BCUT2D eigenvalue weighted by atomic mass is 10.2. The van der Waals surface area contributed by atoms with Crippen molar-refractivity contribution in [2.45, 2.75) is 18.9 Å². The highest BCUT2D eigenvalue weighted by Gasteiger charge is 2.13. The van der Waals surface area contributed by atoms with Gasteiger partial charge in [0.25, 0.3) is 0 Å². The fraction of sp³-hybridized carbons (Fsp3) is 0.500. The zero-order valence-electron chi connectivity index (χ0n) is 10.7. The molecule has 5 heteroatoms. The third-order valence-corrected chi connectivity index (χ3v) is 1.37. The van der Waals surface area contributed by atoms with Crippen LogP contribution in [0.5, 0.6) is 0 Å². The molecule has 0 fully saturated rings. The molecule has 15 heavy (non-hydrogen) atoms. The van der Waals surface area contributed by atoms with E-state index >= 15 is 0 Å². The Kier molecular flexibility index (Phi) is 5.09. The molecule has 1 unspecified atom stereocenters. The molecule has 0 saturated heterocycles. The highest BCUT2D eigenvalue weighted by atomic mass is 16.6. The van der Waals surface area contributed by atoms with Crippen molar-refractivity contribution < 1.29 is 21.9 Å². The molecule has 0 aliphatic heterocycles. The molecule has 0 aromatic rings. The van der Waals surface area contributed by atoms with Crippen molar-refractivity contribution in [3.05, 3.63) is 12.2 Å². The molecule has 0 rings (SSSR count). The van der Waals surface area contributed by atoms with Gasteiger partial charge in [0.1, 0.15) is 6.29 Å². The van der Waals surface area contributed by atoms with E-state index in [-0.39, 0.29) is 12.7 Å². The second-order valence-electron chi connectivity index (χ2n) is 2.81. The van der Waals surface area contributed by atoms with Crippen molar-refractivity contribution in [3.63, 3.8) is 0 Å².